The number of aromatic nitrogens is 2. The Balaban J connectivity index is 1.95. The molecule has 3 rings (SSSR count). The molecule has 0 aliphatic rings. The average molecular weight is 277 g/mol. The Labute approximate surface area is 125 Å². The van der Waals surface area contributed by atoms with E-state index in [0.717, 1.165) is 35.5 Å². The summed E-state index contributed by atoms with van der Waals surface area (Å²) in [7, 11) is 0. The van der Waals surface area contributed by atoms with Crippen LogP contribution in [0.15, 0.2) is 54.6 Å². The molecule has 0 saturated heterocycles. The number of hydrogen-bond donors (Lipinski definition) is 0. The lowest BCUT2D eigenvalue weighted by atomic mass is 10.2. The second kappa shape index (κ2) is 5.92. The number of para-hydroxylation sites is 3. The van der Waals surface area contributed by atoms with Crippen molar-refractivity contribution in [2.24, 2.45) is 0 Å². The monoisotopic (exact) mass is 277 g/mol. The van der Waals surface area contributed by atoms with Crippen molar-refractivity contribution in [1.29, 1.82) is 0 Å². The highest BCUT2D eigenvalue weighted by Crippen LogP contribution is 2.18. The molecule has 0 amide bonds. The molecule has 0 unspecified atom stereocenters. The zero-order chi connectivity index (χ0) is 14.7. The van der Waals surface area contributed by atoms with Crippen molar-refractivity contribution < 1.29 is 0 Å². The summed E-state index contributed by atoms with van der Waals surface area (Å²) in [6.07, 6.45) is 0. The van der Waals surface area contributed by atoms with Gasteiger partial charge in [0, 0.05) is 12.2 Å². The SMILES string of the molecule is CCN(Cc1nc2ccccc2nc1C)c1ccccc1. The molecule has 0 radical (unpaired) electrons. The Morgan fingerprint density at radius 3 is 2.14 bits per heavy atom. The lowest BCUT2D eigenvalue weighted by Gasteiger charge is -2.23. The van der Waals surface area contributed by atoms with E-state index >= 15 is 0 Å². The number of hydrogen-bond acceptors (Lipinski definition) is 3. The standard InChI is InChI=1S/C18H19N3/c1-3-21(15-9-5-4-6-10-15)13-18-14(2)19-16-11-7-8-12-17(16)20-18/h4-12H,3,13H2,1-2H3. The first-order valence-electron chi connectivity index (χ1n) is 7.30. The zero-order valence-electron chi connectivity index (χ0n) is 12.5. The van der Waals surface area contributed by atoms with Crippen LogP contribution >= 0.6 is 0 Å². The molecule has 3 heteroatoms. The predicted molar refractivity (Wildman–Crippen MR) is 87.4 cm³/mol. The van der Waals surface area contributed by atoms with Crippen molar-refractivity contribution in [1.82, 2.24) is 9.97 Å². The fourth-order valence-electron chi connectivity index (χ4n) is 2.48. The van der Waals surface area contributed by atoms with Crippen molar-refractivity contribution >= 4 is 16.7 Å². The van der Waals surface area contributed by atoms with Crippen molar-refractivity contribution in [2.45, 2.75) is 20.4 Å². The Morgan fingerprint density at radius 1 is 0.857 bits per heavy atom. The Bertz CT molecular complexity index is 738. The normalized spacial score (nSPS) is 10.8. The molecule has 106 valence electrons. The maximum Gasteiger partial charge on any atom is 0.0891 e. The molecule has 3 aromatic rings. The maximum atomic E-state index is 4.78. The third-order valence-corrected chi connectivity index (χ3v) is 3.69. The average Bonchev–Trinajstić information content (AvgIpc) is 2.53. The van der Waals surface area contributed by atoms with Gasteiger partial charge in [-0.15, -0.1) is 0 Å². The van der Waals surface area contributed by atoms with Gasteiger partial charge in [-0.05, 0) is 38.1 Å². The molecule has 2 aromatic carbocycles. The van der Waals surface area contributed by atoms with Crippen molar-refractivity contribution in [3.8, 4) is 0 Å². The summed E-state index contributed by atoms with van der Waals surface area (Å²) >= 11 is 0. The highest BCUT2D eigenvalue weighted by Gasteiger charge is 2.10. The molecule has 1 aromatic heterocycles. The topological polar surface area (TPSA) is 29.0 Å². The Morgan fingerprint density at radius 2 is 1.48 bits per heavy atom. The second-order valence-corrected chi connectivity index (χ2v) is 5.09. The van der Waals surface area contributed by atoms with Crippen molar-refractivity contribution in [3.63, 3.8) is 0 Å². The van der Waals surface area contributed by atoms with Gasteiger partial charge in [-0.1, -0.05) is 30.3 Å². The molecule has 0 fully saturated rings. The minimum absolute atomic E-state index is 0.782. The third-order valence-electron chi connectivity index (χ3n) is 3.69. The van der Waals surface area contributed by atoms with Gasteiger partial charge in [-0.2, -0.15) is 0 Å². The van der Waals surface area contributed by atoms with Crippen LogP contribution in [0.25, 0.3) is 11.0 Å². The largest absolute Gasteiger partial charge is 0.366 e. The van der Waals surface area contributed by atoms with Gasteiger partial charge < -0.3 is 4.90 Å². The van der Waals surface area contributed by atoms with Crippen LogP contribution in [0.1, 0.15) is 18.3 Å². The minimum atomic E-state index is 0.782. The van der Waals surface area contributed by atoms with Gasteiger partial charge in [0.15, 0.2) is 0 Å². The number of aryl methyl sites for hydroxylation is 1. The second-order valence-electron chi connectivity index (χ2n) is 5.09. The fraction of sp³-hybridized carbons (Fsp3) is 0.222. The van der Waals surface area contributed by atoms with E-state index in [-0.39, 0.29) is 0 Å². The van der Waals surface area contributed by atoms with E-state index in [1.54, 1.807) is 0 Å². The van der Waals surface area contributed by atoms with Crippen LogP contribution in [0, 0.1) is 6.92 Å². The number of fused-ring (bicyclic) bond motifs is 1. The van der Waals surface area contributed by atoms with Crippen LogP contribution in [-0.4, -0.2) is 16.5 Å². The highest BCUT2D eigenvalue weighted by molar-refractivity contribution is 5.74. The van der Waals surface area contributed by atoms with Gasteiger partial charge in [-0.25, -0.2) is 9.97 Å². The van der Waals surface area contributed by atoms with Gasteiger partial charge >= 0.3 is 0 Å². The number of anilines is 1. The molecule has 0 N–H and O–H groups in total. The molecular formula is C18H19N3. The summed E-state index contributed by atoms with van der Waals surface area (Å²) in [5.74, 6) is 0. The first kappa shape index (κ1) is 13.6. The third kappa shape index (κ3) is 2.87. The van der Waals surface area contributed by atoms with E-state index in [0.29, 0.717) is 0 Å². The molecule has 1 heterocycles. The first-order valence-corrected chi connectivity index (χ1v) is 7.30. The molecule has 3 nitrogen and oxygen atoms in total. The van der Waals surface area contributed by atoms with Crippen LogP contribution < -0.4 is 4.90 Å². The summed E-state index contributed by atoms with van der Waals surface area (Å²) < 4.78 is 0. The lowest BCUT2D eigenvalue weighted by molar-refractivity contribution is 0.800. The van der Waals surface area contributed by atoms with E-state index in [4.69, 9.17) is 4.98 Å². The fourth-order valence-corrected chi connectivity index (χ4v) is 2.48. The van der Waals surface area contributed by atoms with Crippen LogP contribution in [0.4, 0.5) is 5.69 Å². The van der Waals surface area contributed by atoms with E-state index in [2.05, 4.69) is 41.1 Å². The van der Waals surface area contributed by atoms with Crippen LogP contribution in [-0.2, 0) is 6.54 Å². The molecular weight excluding hydrogens is 258 g/mol. The lowest BCUT2D eigenvalue weighted by Crippen LogP contribution is -2.23. The minimum Gasteiger partial charge on any atom is -0.366 e. The van der Waals surface area contributed by atoms with Gasteiger partial charge in [0.05, 0.1) is 29.0 Å². The number of rotatable bonds is 4. The summed E-state index contributed by atoms with van der Waals surface area (Å²) in [5, 5.41) is 0. The van der Waals surface area contributed by atoms with E-state index in [1.165, 1.54) is 5.69 Å². The molecule has 0 aliphatic carbocycles. The van der Waals surface area contributed by atoms with Gasteiger partial charge in [0.1, 0.15) is 0 Å². The molecule has 0 atom stereocenters. The molecule has 0 spiro atoms. The van der Waals surface area contributed by atoms with E-state index < -0.39 is 0 Å². The highest BCUT2D eigenvalue weighted by atomic mass is 15.1. The van der Waals surface area contributed by atoms with Crippen molar-refractivity contribution in [3.05, 3.63) is 66.0 Å². The quantitative estimate of drug-likeness (QED) is 0.722. The maximum absolute atomic E-state index is 4.78. The van der Waals surface area contributed by atoms with E-state index in [1.807, 2.05) is 37.3 Å². The van der Waals surface area contributed by atoms with E-state index in [9.17, 15) is 0 Å². The van der Waals surface area contributed by atoms with Crippen LogP contribution in [0.2, 0.25) is 0 Å². The van der Waals surface area contributed by atoms with Crippen molar-refractivity contribution in [2.75, 3.05) is 11.4 Å². The Hall–Kier alpha value is -2.42. The zero-order valence-corrected chi connectivity index (χ0v) is 12.5. The summed E-state index contributed by atoms with van der Waals surface area (Å²) in [4.78, 5) is 11.8. The molecule has 0 aliphatic heterocycles. The summed E-state index contributed by atoms with van der Waals surface area (Å²) in [6, 6.07) is 18.5. The van der Waals surface area contributed by atoms with Gasteiger partial charge in [0.25, 0.3) is 0 Å². The molecule has 0 bridgehead atoms. The first-order chi connectivity index (χ1) is 10.3. The van der Waals surface area contributed by atoms with Crippen LogP contribution in [0.5, 0.6) is 0 Å². The number of nitrogens with zero attached hydrogens (tertiary/aromatic N) is 3. The number of benzene rings is 2. The molecule has 0 saturated carbocycles. The van der Waals surface area contributed by atoms with Gasteiger partial charge in [-0.3, -0.25) is 0 Å². The smallest absolute Gasteiger partial charge is 0.0891 e. The summed E-state index contributed by atoms with van der Waals surface area (Å²) in [5.41, 5.74) is 5.18. The summed E-state index contributed by atoms with van der Waals surface area (Å²) in [6.45, 7) is 5.92. The van der Waals surface area contributed by atoms with Crippen LogP contribution in [0.3, 0.4) is 0 Å². The Kier molecular flexibility index (Phi) is 3.82. The molecule has 21 heavy (non-hydrogen) atoms. The predicted octanol–water partition coefficient (Wildman–Crippen LogP) is 3.96. The van der Waals surface area contributed by atoms with Gasteiger partial charge in [0.2, 0.25) is 0 Å².